The summed E-state index contributed by atoms with van der Waals surface area (Å²) in [6.45, 7) is 10.5. The highest BCUT2D eigenvalue weighted by Crippen LogP contribution is 2.18. The molecular weight excluding hydrogens is 212 g/mol. The molecule has 0 aromatic carbocycles. The normalized spacial score (nSPS) is 12.2. The van der Waals surface area contributed by atoms with E-state index in [9.17, 15) is 4.79 Å². The van der Waals surface area contributed by atoms with Gasteiger partial charge in [0.15, 0.2) is 0 Å². The molecule has 0 saturated heterocycles. The Hall–Kier alpha value is -0.790. The number of rotatable bonds is 10. The van der Waals surface area contributed by atoms with Crippen LogP contribution < -0.4 is 0 Å². The molecule has 0 N–H and O–H groups in total. The maximum atomic E-state index is 10.6. The van der Waals surface area contributed by atoms with Crippen molar-refractivity contribution in [3.63, 3.8) is 0 Å². The number of esters is 1. The van der Waals surface area contributed by atoms with Gasteiger partial charge in [-0.3, -0.25) is 4.79 Å². The summed E-state index contributed by atoms with van der Waals surface area (Å²) in [7, 11) is 0. The number of carbonyl (C=O) groups is 1. The summed E-state index contributed by atoms with van der Waals surface area (Å²) in [5.74, 6) is 0.378. The average molecular weight is 240 g/mol. The second-order valence-electron chi connectivity index (χ2n) is 5.00. The van der Waals surface area contributed by atoms with Crippen LogP contribution in [0.3, 0.4) is 0 Å². The van der Waals surface area contributed by atoms with Gasteiger partial charge in [0.05, 0.1) is 6.61 Å². The van der Waals surface area contributed by atoms with Gasteiger partial charge in [-0.2, -0.15) is 0 Å². The summed E-state index contributed by atoms with van der Waals surface area (Å²) in [5.41, 5.74) is 1.34. The fourth-order valence-corrected chi connectivity index (χ4v) is 1.90. The van der Waals surface area contributed by atoms with E-state index in [4.69, 9.17) is 4.74 Å². The van der Waals surface area contributed by atoms with Gasteiger partial charge in [-0.25, -0.2) is 0 Å². The Labute approximate surface area is 106 Å². The Morgan fingerprint density at radius 3 is 2.59 bits per heavy atom. The third-order valence-electron chi connectivity index (χ3n) is 2.94. The molecule has 100 valence electrons. The van der Waals surface area contributed by atoms with Gasteiger partial charge in [0.2, 0.25) is 0 Å². The standard InChI is InChI=1S/C15H28O2/c1-5-6-7-8-9-13(2)12-14(3)10-11-17-15(4)16/h14H,2,5-12H2,1,3-4H3. The molecule has 0 fully saturated rings. The zero-order valence-corrected chi connectivity index (χ0v) is 11.8. The summed E-state index contributed by atoms with van der Waals surface area (Å²) >= 11 is 0. The van der Waals surface area contributed by atoms with Crippen molar-refractivity contribution in [3.05, 3.63) is 12.2 Å². The smallest absolute Gasteiger partial charge is 0.302 e. The molecule has 1 unspecified atom stereocenters. The van der Waals surface area contributed by atoms with E-state index < -0.39 is 0 Å². The van der Waals surface area contributed by atoms with Crippen LogP contribution in [0.1, 0.15) is 65.7 Å². The molecule has 0 radical (unpaired) electrons. The monoisotopic (exact) mass is 240 g/mol. The topological polar surface area (TPSA) is 26.3 Å². The molecule has 2 heteroatoms. The fraction of sp³-hybridized carbons (Fsp3) is 0.800. The van der Waals surface area contributed by atoms with Crippen molar-refractivity contribution in [2.45, 2.75) is 65.7 Å². The lowest BCUT2D eigenvalue weighted by atomic mass is 9.96. The predicted molar refractivity (Wildman–Crippen MR) is 72.9 cm³/mol. The molecule has 0 amide bonds. The number of hydrogen-bond acceptors (Lipinski definition) is 2. The minimum Gasteiger partial charge on any atom is -0.466 e. The van der Waals surface area contributed by atoms with Crippen LogP contribution in [-0.4, -0.2) is 12.6 Å². The minimum atomic E-state index is -0.185. The van der Waals surface area contributed by atoms with Crippen molar-refractivity contribution < 1.29 is 9.53 Å². The first kappa shape index (κ1) is 16.2. The van der Waals surface area contributed by atoms with E-state index in [2.05, 4.69) is 20.4 Å². The maximum Gasteiger partial charge on any atom is 0.302 e. The van der Waals surface area contributed by atoms with Crippen molar-refractivity contribution in [2.75, 3.05) is 6.61 Å². The van der Waals surface area contributed by atoms with Crippen LogP contribution in [0.4, 0.5) is 0 Å². The van der Waals surface area contributed by atoms with E-state index in [1.54, 1.807) is 0 Å². The molecule has 0 aromatic rings. The molecular formula is C15H28O2. The Balaban J connectivity index is 3.48. The molecule has 17 heavy (non-hydrogen) atoms. The first-order valence-corrected chi connectivity index (χ1v) is 6.86. The summed E-state index contributed by atoms with van der Waals surface area (Å²) in [6.07, 6.45) is 8.35. The van der Waals surface area contributed by atoms with Crippen molar-refractivity contribution >= 4 is 5.97 Å². The summed E-state index contributed by atoms with van der Waals surface area (Å²) < 4.78 is 4.94. The molecule has 0 saturated carbocycles. The first-order chi connectivity index (χ1) is 8.06. The van der Waals surface area contributed by atoms with Gasteiger partial charge in [-0.05, 0) is 31.6 Å². The lowest BCUT2D eigenvalue weighted by molar-refractivity contribution is -0.141. The second-order valence-corrected chi connectivity index (χ2v) is 5.00. The van der Waals surface area contributed by atoms with Gasteiger partial charge in [0, 0.05) is 6.92 Å². The molecule has 2 nitrogen and oxygen atoms in total. The molecule has 0 spiro atoms. The molecule has 0 aliphatic heterocycles. The zero-order chi connectivity index (χ0) is 13.1. The number of ether oxygens (including phenoxy) is 1. The Kier molecular flexibility index (Phi) is 9.89. The van der Waals surface area contributed by atoms with Gasteiger partial charge in [-0.15, -0.1) is 0 Å². The van der Waals surface area contributed by atoms with Crippen molar-refractivity contribution in [3.8, 4) is 0 Å². The molecule has 0 heterocycles. The molecule has 0 bridgehead atoms. The zero-order valence-electron chi connectivity index (χ0n) is 11.8. The number of allylic oxidation sites excluding steroid dienone is 1. The highest BCUT2D eigenvalue weighted by atomic mass is 16.5. The maximum absolute atomic E-state index is 10.6. The quantitative estimate of drug-likeness (QED) is 0.319. The molecule has 0 aliphatic rings. The average Bonchev–Trinajstić information content (AvgIpc) is 2.23. The Morgan fingerprint density at radius 2 is 2.00 bits per heavy atom. The van der Waals surface area contributed by atoms with Gasteiger partial charge >= 0.3 is 5.97 Å². The van der Waals surface area contributed by atoms with E-state index in [-0.39, 0.29) is 5.97 Å². The predicted octanol–water partition coefficient (Wildman–Crippen LogP) is 4.49. The van der Waals surface area contributed by atoms with E-state index in [0.29, 0.717) is 12.5 Å². The van der Waals surface area contributed by atoms with Gasteiger partial charge in [-0.1, -0.05) is 45.3 Å². The lowest BCUT2D eigenvalue weighted by Gasteiger charge is -2.13. The number of hydrogen-bond donors (Lipinski definition) is 0. The van der Waals surface area contributed by atoms with Crippen molar-refractivity contribution in [2.24, 2.45) is 5.92 Å². The van der Waals surface area contributed by atoms with Crippen LogP contribution in [0, 0.1) is 5.92 Å². The highest BCUT2D eigenvalue weighted by Gasteiger charge is 2.05. The summed E-state index contributed by atoms with van der Waals surface area (Å²) in [4.78, 5) is 10.6. The third-order valence-corrected chi connectivity index (χ3v) is 2.94. The van der Waals surface area contributed by atoms with Crippen LogP contribution in [0.25, 0.3) is 0 Å². The SMILES string of the molecule is C=C(CCCCCC)CC(C)CCOC(C)=O. The van der Waals surface area contributed by atoms with Crippen LogP contribution in [0.5, 0.6) is 0 Å². The van der Waals surface area contributed by atoms with Crippen LogP contribution in [0.2, 0.25) is 0 Å². The van der Waals surface area contributed by atoms with E-state index in [0.717, 1.165) is 19.3 Å². The lowest BCUT2D eigenvalue weighted by Crippen LogP contribution is -2.06. The second kappa shape index (κ2) is 10.4. The van der Waals surface area contributed by atoms with Crippen molar-refractivity contribution in [1.82, 2.24) is 0 Å². The first-order valence-electron chi connectivity index (χ1n) is 6.86. The Morgan fingerprint density at radius 1 is 1.29 bits per heavy atom. The summed E-state index contributed by atoms with van der Waals surface area (Å²) in [6, 6.07) is 0. The fourth-order valence-electron chi connectivity index (χ4n) is 1.90. The molecule has 0 rings (SSSR count). The summed E-state index contributed by atoms with van der Waals surface area (Å²) in [5, 5.41) is 0. The van der Waals surface area contributed by atoms with Crippen LogP contribution in [0.15, 0.2) is 12.2 Å². The largest absolute Gasteiger partial charge is 0.466 e. The number of carbonyl (C=O) groups excluding carboxylic acids is 1. The number of unbranched alkanes of at least 4 members (excludes halogenated alkanes) is 3. The van der Waals surface area contributed by atoms with E-state index in [1.165, 1.54) is 38.2 Å². The van der Waals surface area contributed by atoms with Gasteiger partial charge < -0.3 is 4.74 Å². The third kappa shape index (κ3) is 11.5. The van der Waals surface area contributed by atoms with Gasteiger partial charge in [0.1, 0.15) is 0 Å². The highest BCUT2D eigenvalue weighted by molar-refractivity contribution is 5.65. The van der Waals surface area contributed by atoms with E-state index in [1.807, 2.05) is 0 Å². The Bertz CT molecular complexity index is 221. The van der Waals surface area contributed by atoms with Crippen molar-refractivity contribution in [1.29, 1.82) is 0 Å². The van der Waals surface area contributed by atoms with E-state index >= 15 is 0 Å². The van der Waals surface area contributed by atoms with Crippen LogP contribution in [-0.2, 0) is 9.53 Å². The molecule has 1 atom stereocenters. The minimum absolute atomic E-state index is 0.185. The van der Waals surface area contributed by atoms with Gasteiger partial charge in [0.25, 0.3) is 0 Å². The van der Waals surface area contributed by atoms with Crippen LogP contribution >= 0.6 is 0 Å². The molecule has 0 aromatic heterocycles. The molecule has 0 aliphatic carbocycles.